The van der Waals surface area contributed by atoms with Gasteiger partial charge < -0.3 is 15.2 Å². The van der Waals surface area contributed by atoms with Crippen molar-refractivity contribution in [3.05, 3.63) is 45.7 Å². The van der Waals surface area contributed by atoms with Gasteiger partial charge in [0.1, 0.15) is 28.4 Å². The molecule has 0 atom stereocenters. The molecule has 0 unspecified atom stereocenters. The highest BCUT2D eigenvalue weighted by atomic mass is 35.5. The average molecular weight is 491 g/mol. The van der Waals surface area contributed by atoms with Crippen LogP contribution in [0.4, 0.5) is 23.2 Å². The minimum Gasteiger partial charge on any atom is -0.483 e. The zero-order valence-corrected chi connectivity index (χ0v) is 18.6. The lowest BCUT2D eigenvalue weighted by Gasteiger charge is -2.15. The first-order valence-corrected chi connectivity index (χ1v) is 9.77. The SMILES string of the molecule is Cc1nn(-c2cc(OCC(F)(F)F)c(C(=O)Nc3c(Cl)n[nH]c3C)cc2F)nc1C(C)(C)O. The largest absolute Gasteiger partial charge is 0.483 e. The van der Waals surface area contributed by atoms with Crippen LogP contribution in [0.5, 0.6) is 5.75 Å². The van der Waals surface area contributed by atoms with E-state index in [1.807, 2.05) is 0 Å². The summed E-state index contributed by atoms with van der Waals surface area (Å²) in [6.07, 6.45) is -4.72. The van der Waals surface area contributed by atoms with Crippen molar-refractivity contribution in [1.82, 2.24) is 25.2 Å². The van der Waals surface area contributed by atoms with Gasteiger partial charge >= 0.3 is 6.18 Å². The van der Waals surface area contributed by atoms with Crippen LogP contribution in [-0.4, -0.2) is 49.0 Å². The Balaban J connectivity index is 2.07. The molecule has 3 N–H and O–H groups in total. The molecule has 33 heavy (non-hydrogen) atoms. The van der Waals surface area contributed by atoms with Crippen LogP contribution in [0.3, 0.4) is 0 Å². The van der Waals surface area contributed by atoms with Crippen molar-refractivity contribution in [2.75, 3.05) is 11.9 Å². The molecule has 0 aliphatic carbocycles. The smallest absolute Gasteiger partial charge is 0.422 e. The number of carbonyl (C=O) groups excluding carboxylic acids is 1. The van der Waals surface area contributed by atoms with Gasteiger partial charge in [0, 0.05) is 6.07 Å². The predicted octanol–water partition coefficient (Wildman–Crippen LogP) is 3.82. The van der Waals surface area contributed by atoms with Crippen LogP contribution in [0, 0.1) is 19.7 Å². The Morgan fingerprint density at radius 3 is 2.45 bits per heavy atom. The van der Waals surface area contributed by atoms with Gasteiger partial charge in [0.2, 0.25) is 0 Å². The summed E-state index contributed by atoms with van der Waals surface area (Å²) < 4.78 is 58.1. The summed E-state index contributed by atoms with van der Waals surface area (Å²) >= 11 is 5.88. The molecule has 3 aromatic rings. The molecule has 9 nitrogen and oxygen atoms in total. The van der Waals surface area contributed by atoms with E-state index in [2.05, 4.69) is 25.7 Å². The molecule has 3 rings (SSSR count). The minimum absolute atomic E-state index is 0.0760. The molecule has 14 heteroatoms. The van der Waals surface area contributed by atoms with Gasteiger partial charge in [0.05, 0.1) is 17.0 Å². The fraction of sp³-hybridized carbons (Fsp3) is 0.368. The van der Waals surface area contributed by atoms with Crippen molar-refractivity contribution in [3.63, 3.8) is 0 Å². The van der Waals surface area contributed by atoms with E-state index in [1.54, 1.807) is 6.92 Å². The fourth-order valence-corrected chi connectivity index (χ4v) is 3.16. The summed E-state index contributed by atoms with van der Waals surface area (Å²) in [6.45, 7) is 4.22. The van der Waals surface area contributed by atoms with Crippen LogP contribution in [0.15, 0.2) is 12.1 Å². The Kier molecular flexibility index (Phi) is 6.40. The van der Waals surface area contributed by atoms with E-state index in [0.717, 1.165) is 10.9 Å². The van der Waals surface area contributed by atoms with Crippen molar-refractivity contribution in [3.8, 4) is 11.4 Å². The number of anilines is 1. The third kappa shape index (κ3) is 5.42. The second-order valence-electron chi connectivity index (χ2n) is 7.65. The number of amides is 1. The lowest BCUT2D eigenvalue weighted by molar-refractivity contribution is -0.153. The number of ether oxygens (including phenoxy) is 1. The predicted molar refractivity (Wildman–Crippen MR) is 109 cm³/mol. The first-order valence-electron chi connectivity index (χ1n) is 9.39. The Morgan fingerprint density at radius 1 is 1.27 bits per heavy atom. The Bertz CT molecular complexity index is 1180. The van der Waals surface area contributed by atoms with Crippen molar-refractivity contribution >= 4 is 23.2 Å². The van der Waals surface area contributed by atoms with Crippen LogP contribution in [0.2, 0.25) is 5.15 Å². The highest BCUT2D eigenvalue weighted by Crippen LogP contribution is 2.30. The molecule has 0 aliphatic rings. The normalized spacial score (nSPS) is 12.2. The summed E-state index contributed by atoms with van der Waals surface area (Å²) in [4.78, 5) is 13.5. The molecular weight excluding hydrogens is 472 g/mol. The number of halogens is 5. The third-order valence-electron chi connectivity index (χ3n) is 4.40. The molecule has 178 valence electrons. The standard InChI is InChI=1S/C19H19ClF4N6O3/c1-8-14(16(20)27-26-8)25-17(31)10-5-11(21)12(6-13(10)33-7-19(22,23)24)30-28-9(2)15(29-30)18(3,4)32/h5-6,32H,7H2,1-4H3,(H,25,31)(H,26,27). The van der Waals surface area contributed by atoms with E-state index in [1.165, 1.54) is 20.8 Å². The van der Waals surface area contributed by atoms with E-state index < -0.39 is 41.4 Å². The number of hydrogen-bond donors (Lipinski definition) is 3. The van der Waals surface area contributed by atoms with Gasteiger partial charge in [0.25, 0.3) is 5.91 Å². The lowest BCUT2D eigenvalue weighted by atomic mass is 10.0. The number of H-pyrrole nitrogens is 1. The molecule has 0 saturated heterocycles. The highest BCUT2D eigenvalue weighted by molar-refractivity contribution is 6.33. The number of aromatic amines is 1. The topological polar surface area (TPSA) is 118 Å². The molecule has 2 heterocycles. The number of benzene rings is 1. The zero-order valence-electron chi connectivity index (χ0n) is 17.8. The van der Waals surface area contributed by atoms with Crippen LogP contribution < -0.4 is 10.1 Å². The molecule has 0 bridgehead atoms. The van der Waals surface area contributed by atoms with Gasteiger partial charge in [-0.25, -0.2) is 4.39 Å². The monoisotopic (exact) mass is 490 g/mol. The van der Waals surface area contributed by atoms with E-state index in [-0.39, 0.29) is 27.9 Å². The van der Waals surface area contributed by atoms with Gasteiger partial charge in [-0.3, -0.25) is 9.89 Å². The second-order valence-corrected chi connectivity index (χ2v) is 8.01. The van der Waals surface area contributed by atoms with Crippen LogP contribution >= 0.6 is 11.6 Å². The zero-order chi connectivity index (χ0) is 24.7. The number of nitrogens with zero attached hydrogens (tertiary/aromatic N) is 4. The van der Waals surface area contributed by atoms with Crippen molar-refractivity contribution < 1.29 is 32.2 Å². The summed E-state index contributed by atoms with van der Waals surface area (Å²) in [6, 6.07) is 1.57. The number of aromatic nitrogens is 5. The molecule has 0 aliphatic heterocycles. The van der Waals surface area contributed by atoms with E-state index in [4.69, 9.17) is 16.3 Å². The van der Waals surface area contributed by atoms with Gasteiger partial charge in [0.15, 0.2) is 17.6 Å². The van der Waals surface area contributed by atoms with Crippen LogP contribution in [0.1, 0.15) is 41.3 Å². The number of nitrogens with one attached hydrogen (secondary N) is 2. The molecule has 0 radical (unpaired) electrons. The van der Waals surface area contributed by atoms with E-state index >= 15 is 0 Å². The number of aliphatic hydroxyl groups is 1. The Labute approximate surface area is 189 Å². The van der Waals surface area contributed by atoms with Gasteiger partial charge in [-0.2, -0.15) is 23.4 Å². The van der Waals surface area contributed by atoms with Crippen molar-refractivity contribution in [2.45, 2.75) is 39.5 Å². The van der Waals surface area contributed by atoms with Crippen LogP contribution in [0.25, 0.3) is 5.69 Å². The molecule has 2 aromatic heterocycles. The molecular formula is C19H19ClF4N6O3. The first-order chi connectivity index (χ1) is 15.2. The van der Waals surface area contributed by atoms with Gasteiger partial charge in [-0.15, -0.1) is 9.90 Å². The third-order valence-corrected chi connectivity index (χ3v) is 4.68. The number of rotatable bonds is 6. The molecule has 0 spiro atoms. The number of alkyl halides is 3. The average Bonchev–Trinajstić information content (AvgIpc) is 3.23. The summed E-state index contributed by atoms with van der Waals surface area (Å²) in [5.41, 5.74) is -1.47. The summed E-state index contributed by atoms with van der Waals surface area (Å²) in [5, 5.41) is 26.7. The minimum atomic E-state index is -4.72. The second kappa shape index (κ2) is 8.63. The number of aryl methyl sites for hydroxylation is 2. The maximum Gasteiger partial charge on any atom is 0.422 e. The lowest BCUT2D eigenvalue weighted by Crippen LogP contribution is -2.22. The first kappa shape index (κ1) is 24.5. The Hall–Kier alpha value is -3.19. The van der Waals surface area contributed by atoms with Crippen molar-refractivity contribution in [2.24, 2.45) is 0 Å². The quantitative estimate of drug-likeness (QED) is 0.452. The molecule has 0 fully saturated rings. The van der Waals surface area contributed by atoms with Gasteiger partial charge in [-0.1, -0.05) is 11.6 Å². The summed E-state index contributed by atoms with van der Waals surface area (Å²) in [7, 11) is 0. The van der Waals surface area contributed by atoms with Crippen molar-refractivity contribution in [1.29, 1.82) is 0 Å². The van der Waals surface area contributed by atoms with Crippen LogP contribution in [-0.2, 0) is 5.60 Å². The number of carbonyl (C=O) groups is 1. The Morgan fingerprint density at radius 2 is 1.94 bits per heavy atom. The maximum atomic E-state index is 15.0. The fourth-order valence-electron chi connectivity index (χ4n) is 2.93. The van der Waals surface area contributed by atoms with E-state index in [9.17, 15) is 27.5 Å². The maximum absolute atomic E-state index is 15.0. The molecule has 0 saturated carbocycles. The van der Waals surface area contributed by atoms with E-state index in [0.29, 0.717) is 11.8 Å². The molecule has 1 amide bonds. The molecule has 1 aromatic carbocycles. The number of hydrogen-bond acceptors (Lipinski definition) is 6. The highest BCUT2D eigenvalue weighted by Gasteiger charge is 2.31. The van der Waals surface area contributed by atoms with Gasteiger partial charge in [-0.05, 0) is 33.8 Å². The summed E-state index contributed by atoms with van der Waals surface area (Å²) in [5.74, 6) is -2.57.